The van der Waals surface area contributed by atoms with Gasteiger partial charge in [-0.2, -0.15) is 0 Å². The number of carbonyl (C=O) groups is 1. The molecule has 3 rings (SSSR count). The number of nitrogens with zero attached hydrogens (tertiary/aromatic N) is 2. The lowest BCUT2D eigenvalue weighted by molar-refractivity contribution is -0.113. The number of carbonyl (C=O) groups excluding carboxylic acids is 1. The van der Waals surface area contributed by atoms with Crippen LogP contribution in [0, 0.1) is 0 Å². The molecule has 2 aromatic rings. The van der Waals surface area contributed by atoms with Crippen molar-refractivity contribution < 1.29 is 18.4 Å². The normalized spacial score (nSPS) is 16.2. The maximum Gasteiger partial charge on any atom is 0.276 e. The van der Waals surface area contributed by atoms with Crippen LogP contribution in [0.5, 0.6) is 0 Å². The number of halogens is 1. The van der Waals surface area contributed by atoms with Crippen LogP contribution in [-0.2, 0) is 14.6 Å². The maximum absolute atomic E-state index is 12.5. The molecule has 3 heterocycles. The Labute approximate surface area is 140 Å². The molecule has 0 bridgehead atoms. The fraction of sp³-hybridized carbons (Fsp3) is 0.0769. The molecule has 2 aromatic heterocycles. The Morgan fingerprint density at radius 2 is 2.17 bits per heavy atom. The van der Waals surface area contributed by atoms with E-state index in [1.165, 1.54) is 19.2 Å². The van der Waals surface area contributed by atoms with E-state index in [0.717, 1.165) is 11.3 Å². The van der Waals surface area contributed by atoms with Crippen LogP contribution in [0.25, 0.3) is 0 Å². The van der Waals surface area contributed by atoms with Crippen LogP contribution >= 0.6 is 22.9 Å². The molecule has 0 fully saturated rings. The number of amides is 1. The number of hydrogen-bond donors (Lipinski definition) is 2. The summed E-state index contributed by atoms with van der Waals surface area (Å²) < 4.78 is 25.2. The standard InChI is InChI=1S/C13H10ClN3O4S2/c1-7-11(12(18)16-10-4-2-3-5-15-10)17(19)13-8(23(7,20)21)6-9(14)22-13/h2-6,19H,1H3,(H,15,16,18). The van der Waals surface area contributed by atoms with Crippen LogP contribution in [-0.4, -0.2) is 24.5 Å². The van der Waals surface area contributed by atoms with Gasteiger partial charge in [0.2, 0.25) is 9.84 Å². The van der Waals surface area contributed by atoms with Crippen LogP contribution in [0.3, 0.4) is 0 Å². The first-order valence-corrected chi connectivity index (χ1v) is 8.97. The number of aromatic nitrogens is 1. The SMILES string of the molecule is CC1=C(C(=O)Nc2ccccn2)N(O)c2sc(Cl)cc2S1(=O)=O. The second-order valence-corrected chi connectivity index (χ2v) is 8.33. The molecule has 0 unspecified atom stereocenters. The Morgan fingerprint density at radius 3 is 2.83 bits per heavy atom. The minimum atomic E-state index is -3.90. The zero-order chi connectivity index (χ0) is 16.8. The number of fused-ring (bicyclic) bond motifs is 1. The van der Waals surface area contributed by atoms with E-state index in [0.29, 0.717) is 5.06 Å². The van der Waals surface area contributed by atoms with E-state index in [9.17, 15) is 18.4 Å². The molecule has 0 aromatic carbocycles. The smallest absolute Gasteiger partial charge is 0.276 e. The van der Waals surface area contributed by atoms with Gasteiger partial charge in [0.25, 0.3) is 5.91 Å². The molecule has 0 saturated heterocycles. The first-order valence-electron chi connectivity index (χ1n) is 6.29. The molecular weight excluding hydrogens is 362 g/mol. The number of anilines is 2. The Bertz CT molecular complexity index is 922. The highest BCUT2D eigenvalue weighted by Crippen LogP contribution is 2.45. The highest BCUT2D eigenvalue weighted by atomic mass is 35.5. The van der Waals surface area contributed by atoms with Gasteiger partial charge in [-0.1, -0.05) is 17.7 Å². The van der Waals surface area contributed by atoms with Gasteiger partial charge < -0.3 is 5.32 Å². The Kier molecular flexibility index (Phi) is 3.88. The summed E-state index contributed by atoms with van der Waals surface area (Å²) in [5.41, 5.74) is -0.387. The van der Waals surface area contributed by atoms with Gasteiger partial charge in [0.05, 0.1) is 9.24 Å². The molecule has 2 N–H and O–H groups in total. The lowest BCUT2D eigenvalue weighted by Crippen LogP contribution is -2.34. The third-order valence-electron chi connectivity index (χ3n) is 3.20. The fourth-order valence-electron chi connectivity index (χ4n) is 2.09. The Balaban J connectivity index is 2.06. The predicted molar refractivity (Wildman–Crippen MR) is 86.3 cm³/mol. The lowest BCUT2D eigenvalue weighted by Gasteiger charge is -2.25. The summed E-state index contributed by atoms with van der Waals surface area (Å²) in [6.45, 7) is 1.25. The minimum Gasteiger partial charge on any atom is -0.305 e. The molecule has 120 valence electrons. The summed E-state index contributed by atoms with van der Waals surface area (Å²) in [6, 6.07) is 6.12. The van der Waals surface area contributed by atoms with Gasteiger partial charge in [0.15, 0.2) is 0 Å². The molecule has 7 nitrogen and oxygen atoms in total. The summed E-state index contributed by atoms with van der Waals surface area (Å²) in [5, 5.41) is 13.2. The maximum atomic E-state index is 12.5. The average molecular weight is 372 g/mol. The van der Waals surface area contributed by atoms with E-state index in [-0.39, 0.29) is 30.7 Å². The monoisotopic (exact) mass is 371 g/mol. The largest absolute Gasteiger partial charge is 0.305 e. The molecule has 0 spiro atoms. The van der Waals surface area contributed by atoms with E-state index >= 15 is 0 Å². The van der Waals surface area contributed by atoms with Gasteiger partial charge in [0, 0.05) is 6.20 Å². The topological polar surface area (TPSA) is 99.6 Å². The van der Waals surface area contributed by atoms with Crippen LogP contribution < -0.4 is 10.4 Å². The molecule has 0 saturated carbocycles. The first kappa shape index (κ1) is 15.9. The number of rotatable bonds is 2. The third-order valence-corrected chi connectivity index (χ3v) is 6.46. The number of thiophene rings is 1. The van der Waals surface area contributed by atoms with E-state index in [4.69, 9.17) is 11.6 Å². The van der Waals surface area contributed by atoms with Gasteiger partial charge in [-0.15, -0.1) is 11.3 Å². The quantitative estimate of drug-likeness (QED) is 0.841. The van der Waals surface area contributed by atoms with E-state index in [2.05, 4.69) is 10.3 Å². The lowest BCUT2D eigenvalue weighted by atomic mass is 10.3. The van der Waals surface area contributed by atoms with Crippen molar-refractivity contribution in [2.24, 2.45) is 0 Å². The molecule has 0 aliphatic carbocycles. The Morgan fingerprint density at radius 1 is 1.43 bits per heavy atom. The zero-order valence-corrected chi connectivity index (χ0v) is 14.0. The summed E-state index contributed by atoms with van der Waals surface area (Å²) in [5.74, 6) is -0.555. The van der Waals surface area contributed by atoms with Crippen molar-refractivity contribution in [3.05, 3.63) is 45.4 Å². The van der Waals surface area contributed by atoms with Gasteiger partial charge >= 0.3 is 0 Å². The van der Waals surface area contributed by atoms with Crippen molar-refractivity contribution in [2.75, 3.05) is 10.4 Å². The van der Waals surface area contributed by atoms with E-state index in [1.807, 2.05) is 0 Å². The molecule has 0 radical (unpaired) electrons. The van der Waals surface area contributed by atoms with Crippen molar-refractivity contribution >= 4 is 49.5 Å². The Hall–Kier alpha value is -1.94. The third kappa shape index (κ3) is 2.61. The van der Waals surface area contributed by atoms with Gasteiger partial charge in [0.1, 0.15) is 21.4 Å². The number of sulfone groups is 1. The second-order valence-electron chi connectivity index (χ2n) is 4.61. The predicted octanol–water partition coefficient (Wildman–Crippen LogP) is 2.65. The van der Waals surface area contributed by atoms with Gasteiger partial charge in [-0.05, 0) is 25.1 Å². The number of hydrogen-bond acceptors (Lipinski definition) is 7. The number of hydroxylamine groups is 1. The van der Waals surface area contributed by atoms with Crippen molar-refractivity contribution in [3.8, 4) is 0 Å². The molecule has 1 aliphatic heterocycles. The van der Waals surface area contributed by atoms with Crippen molar-refractivity contribution in [1.82, 2.24) is 4.98 Å². The summed E-state index contributed by atoms with van der Waals surface area (Å²) in [4.78, 5) is 15.9. The number of pyridine rings is 1. The highest BCUT2D eigenvalue weighted by molar-refractivity contribution is 7.95. The molecule has 1 aliphatic rings. The van der Waals surface area contributed by atoms with Crippen LogP contribution in [0.1, 0.15) is 6.92 Å². The molecule has 0 atom stereocenters. The van der Waals surface area contributed by atoms with Crippen LogP contribution in [0.4, 0.5) is 10.8 Å². The zero-order valence-electron chi connectivity index (χ0n) is 11.6. The molecular formula is C13H10ClN3O4S2. The van der Waals surface area contributed by atoms with E-state index in [1.54, 1.807) is 18.2 Å². The van der Waals surface area contributed by atoms with Crippen LogP contribution in [0.2, 0.25) is 4.34 Å². The second kappa shape index (κ2) is 5.60. The average Bonchev–Trinajstić information content (AvgIpc) is 2.90. The summed E-state index contributed by atoms with van der Waals surface area (Å²) in [6.07, 6.45) is 1.47. The fourth-order valence-corrected chi connectivity index (χ4v) is 5.06. The molecule has 10 heteroatoms. The first-order chi connectivity index (χ1) is 10.8. The number of nitrogens with one attached hydrogen (secondary N) is 1. The van der Waals surface area contributed by atoms with Crippen molar-refractivity contribution in [1.29, 1.82) is 0 Å². The van der Waals surface area contributed by atoms with Crippen LogP contribution in [0.15, 0.2) is 46.0 Å². The van der Waals surface area contributed by atoms with Crippen molar-refractivity contribution in [2.45, 2.75) is 11.8 Å². The molecule has 23 heavy (non-hydrogen) atoms. The van der Waals surface area contributed by atoms with E-state index < -0.39 is 15.7 Å². The summed E-state index contributed by atoms with van der Waals surface area (Å²) in [7, 11) is -3.90. The number of allylic oxidation sites excluding steroid dienone is 1. The summed E-state index contributed by atoms with van der Waals surface area (Å²) >= 11 is 6.70. The van der Waals surface area contributed by atoms with Crippen molar-refractivity contribution in [3.63, 3.8) is 0 Å². The highest BCUT2D eigenvalue weighted by Gasteiger charge is 2.39. The minimum absolute atomic E-state index is 0.0215. The molecule has 1 amide bonds. The van der Waals surface area contributed by atoms with Gasteiger partial charge in [-0.3, -0.25) is 10.0 Å². The van der Waals surface area contributed by atoms with Gasteiger partial charge in [-0.25, -0.2) is 18.5 Å².